The Morgan fingerprint density at radius 1 is 1.69 bits per heavy atom. The second kappa shape index (κ2) is 4.45. The van der Waals surface area contributed by atoms with E-state index in [0.29, 0.717) is 17.7 Å². The predicted molar refractivity (Wildman–Crippen MR) is 56.3 cm³/mol. The number of hydrogen-bond donors (Lipinski definition) is 1. The van der Waals surface area contributed by atoms with E-state index in [4.69, 9.17) is 9.88 Å². The zero-order chi connectivity index (χ0) is 9.84. The van der Waals surface area contributed by atoms with Gasteiger partial charge in [-0.05, 0) is 19.1 Å². The summed E-state index contributed by atoms with van der Waals surface area (Å²) in [4.78, 5) is 12.8. The molecule has 0 aromatic carbocycles. The molecular formula is C8H9NO2S2. The van der Waals surface area contributed by atoms with E-state index in [-0.39, 0.29) is 0 Å². The SMILES string of the molecule is C=C(OC(=O)SN)c1ccc(C)s1. The van der Waals surface area contributed by atoms with Crippen LogP contribution in [-0.2, 0) is 4.74 Å². The second-order valence-electron chi connectivity index (χ2n) is 2.30. The Morgan fingerprint density at radius 3 is 2.85 bits per heavy atom. The molecule has 0 bridgehead atoms. The number of ether oxygens (including phenoxy) is 1. The van der Waals surface area contributed by atoms with Crippen LogP contribution in [0.3, 0.4) is 0 Å². The first-order valence-corrected chi connectivity index (χ1v) is 5.17. The van der Waals surface area contributed by atoms with Gasteiger partial charge in [0.05, 0.1) is 4.88 Å². The van der Waals surface area contributed by atoms with E-state index in [0.717, 1.165) is 9.75 Å². The van der Waals surface area contributed by atoms with Gasteiger partial charge in [0.15, 0.2) is 0 Å². The number of thiophene rings is 1. The zero-order valence-corrected chi connectivity index (χ0v) is 8.71. The van der Waals surface area contributed by atoms with Crippen LogP contribution in [0.2, 0.25) is 0 Å². The Morgan fingerprint density at radius 2 is 2.38 bits per heavy atom. The number of hydrogen-bond acceptors (Lipinski definition) is 5. The standard InChI is InChI=1S/C8H9NO2S2/c1-5-3-4-7(12-5)6(2)11-8(10)13-9/h3-4H,2,9H2,1H3. The Hall–Kier alpha value is -0.780. The average molecular weight is 215 g/mol. The second-order valence-corrected chi connectivity index (χ2v) is 4.16. The first-order chi connectivity index (χ1) is 6.13. The van der Waals surface area contributed by atoms with Crippen LogP contribution in [0.15, 0.2) is 18.7 Å². The molecule has 1 rings (SSSR count). The van der Waals surface area contributed by atoms with Crippen LogP contribution in [0.25, 0.3) is 5.76 Å². The summed E-state index contributed by atoms with van der Waals surface area (Å²) in [7, 11) is 0. The van der Waals surface area contributed by atoms with Crippen molar-refractivity contribution in [2.75, 3.05) is 0 Å². The molecule has 0 radical (unpaired) electrons. The first-order valence-electron chi connectivity index (χ1n) is 3.47. The summed E-state index contributed by atoms with van der Waals surface area (Å²) in [6.45, 7) is 5.60. The van der Waals surface area contributed by atoms with Gasteiger partial charge < -0.3 is 4.74 Å². The van der Waals surface area contributed by atoms with E-state index in [1.54, 1.807) is 0 Å². The van der Waals surface area contributed by atoms with Crippen LogP contribution in [0.1, 0.15) is 9.75 Å². The molecule has 1 heterocycles. The normalized spacial score (nSPS) is 9.69. The van der Waals surface area contributed by atoms with Gasteiger partial charge in [-0.3, -0.25) is 5.14 Å². The highest BCUT2D eigenvalue weighted by Gasteiger charge is 2.07. The van der Waals surface area contributed by atoms with Crippen LogP contribution < -0.4 is 5.14 Å². The van der Waals surface area contributed by atoms with Crippen molar-refractivity contribution in [2.24, 2.45) is 5.14 Å². The molecule has 70 valence electrons. The summed E-state index contributed by atoms with van der Waals surface area (Å²) < 4.78 is 4.81. The number of nitrogens with two attached hydrogens (primary N) is 1. The molecule has 0 aliphatic heterocycles. The summed E-state index contributed by atoms with van der Waals surface area (Å²) in [5.74, 6) is 0.348. The van der Waals surface area contributed by atoms with Crippen LogP contribution in [0.5, 0.6) is 0 Å². The topological polar surface area (TPSA) is 52.3 Å². The number of carbonyl (C=O) groups excluding carboxylic acids is 1. The molecule has 0 aliphatic rings. The van der Waals surface area contributed by atoms with Gasteiger partial charge in [0.25, 0.3) is 0 Å². The molecule has 2 N–H and O–H groups in total. The van der Waals surface area contributed by atoms with Crippen molar-refractivity contribution in [3.63, 3.8) is 0 Å². The maximum Gasteiger partial charge on any atom is 0.387 e. The van der Waals surface area contributed by atoms with Crippen molar-refractivity contribution in [1.29, 1.82) is 0 Å². The third kappa shape index (κ3) is 2.87. The van der Waals surface area contributed by atoms with E-state index in [1.165, 1.54) is 11.3 Å². The Balaban J connectivity index is 2.64. The summed E-state index contributed by atoms with van der Waals surface area (Å²) >= 11 is 2.06. The fourth-order valence-electron chi connectivity index (χ4n) is 0.759. The monoisotopic (exact) mass is 215 g/mol. The van der Waals surface area contributed by atoms with Gasteiger partial charge in [-0.2, -0.15) is 0 Å². The van der Waals surface area contributed by atoms with Crippen LogP contribution >= 0.6 is 23.3 Å². The third-order valence-corrected chi connectivity index (χ3v) is 2.64. The predicted octanol–water partition coefficient (Wildman–Crippen LogP) is 2.77. The fraction of sp³-hybridized carbons (Fsp3) is 0.125. The molecule has 3 nitrogen and oxygen atoms in total. The van der Waals surface area contributed by atoms with E-state index in [1.807, 2.05) is 19.1 Å². The molecule has 1 aromatic heterocycles. The van der Waals surface area contributed by atoms with Crippen molar-refractivity contribution in [1.82, 2.24) is 0 Å². The van der Waals surface area contributed by atoms with Gasteiger partial charge in [-0.1, -0.05) is 6.58 Å². The lowest BCUT2D eigenvalue weighted by molar-refractivity contribution is 0.220. The smallest absolute Gasteiger partial charge is 0.387 e. The average Bonchev–Trinajstić information content (AvgIpc) is 2.51. The fourth-order valence-corrected chi connectivity index (χ4v) is 1.68. The summed E-state index contributed by atoms with van der Waals surface area (Å²) in [5.41, 5.74) is 0. The van der Waals surface area contributed by atoms with Crippen molar-refractivity contribution in [3.05, 3.63) is 28.5 Å². The molecule has 0 saturated carbocycles. The van der Waals surface area contributed by atoms with Crippen LogP contribution in [0.4, 0.5) is 4.79 Å². The van der Waals surface area contributed by atoms with Crippen molar-refractivity contribution < 1.29 is 9.53 Å². The largest absolute Gasteiger partial charge is 0.417 e. The van der Waals surface area contributed by atoms with E-state index in [9.17, 15) is 4.79 Å². The Kier molecular flexibility index (Phi) is 3.53. The highest BCUT2D eigenvalue weighted by Crippen LogP contribution is 2.24. The molecule has 1 aromatic rings. The molecule has 0 amide bonds. The molecule has 0 aliphatic carbocycles. The lowest BCUT2D eigenvalue weighted by atomic mass is 10.4. The minimum Gasteiger partial charge on any atom is -0.417 e. The summed E-state index contributed by atoms with van der Waals surface area (Å²) in [6.07, 6.45) is 0. The lowest BCUT2D eigenvalue weighted by Crippen LogP contribution is -1.98. The minimum atomic E-state index is -0.545. The van der Waals surface area contributed by atoms with E-state index < -0.39 is 5.30 Å². The van der Waals surface area contributed by atoms with Crippen molar-refractivity contribution >= 4 is 34.3 Å². The van der Waals surface area contributed by atoms with Gasteiger partial charge in [0, 0.05) is 16.8 Å². The summed E-state index contributed by atoms with van der Waals surface area (Å²) in [5, 5.41) is 4.46. The minimum absolute atomic E-state index is 0.348. The molecular weight excluding hydrogens is 206 g/mol. The number of carbonyl (C=O) groups is 1. The highest BCUT2D eigenvalue weighted by atomic mass is 32.2. The number of rotatable bonds is 2. The van der Waals surface area contributed by atoms with E-state index in [2.05, 4.69) is 6.58 Å². The summed E-state index contributed by atoms with van der Waals surface area (Å²) in [6, 6.07) is 3.80. The zero-order valence-electron chi connectivity index (χ0n) is 7.07. The molecule has 0 atom stereocenters. The van der Waals surface area contributed by atoms with Crippen LogP contribution in [0, 0.1) is 6.92 Å². The van der Waals surface area contributed by atoms with Gasteiger partial charge in [0.2, 0.25) is 0 Å². The number of aryl methyl sites for hydroxylation is 1. The first kappa shape index (κ1) is 10.3. The molecule has 13 heavy (non-hydrogen) atoms. The van der Waals surface area contributed by atoms with Crippen molar-refractivity contribution in [2.45, 2.75) is 6.92 Å². The Labute approximate surface area is 84.7 Å². The molecule has 5 heteroatoms. The van der Waals surface area contributed by atoms with Gasteiger partial charge in [0.1, 0.15) is 5.76 Å². The maximum atomic E-state index is 10.8. The maximum absolute atomic E-state index is 10.8. The quantitative estimate of drug-likeness (QED) is 0.468. The molecule has 0 spiro atoms. The molecule has 0 fully saturated rings. The van der Waals surface area contributed by atoms with Gasteiger partial charge in [-0.25, -0.2) is 4.79 Å². The lowest BCUT2D eigenvalue weighted by Gasteiger charge is -2.01. The van der Waals surface area contributed by atoms with E-state index >= 15 is 0 Å². The molecule has 0 unspecified atom stereocenters. The van der Waals surface area contributed by atoms with Gasteiger partial charge in [-0.15, -0.1) is 11.3 Å². The highest BCUT2D eigenvalue weighted by molar-refractivity contribution is 8.11. The third-order valence-electron chi connectivity index (χ3n) is 1.32. The Bertz CT molecular complexity index is 333. The van der Waals surface area contributed by atoms with Crippen LogP contribution in [-0.4, -0.2) is 5.30 Å². The molecule has 0 saturated heterocycles. The van der Waals surface area contributed by atoms with Crippen molar-refractivity contribution in [3.8, 4) is 0 Å². The van der Waals surface area contributed by atoms with Gasteiger partial charge >= 0.3 is 5.30 Å².